The number of ketones is 1. The van der Waals surface area contributed by atoms with Crippen molar-refractivity contribution in [3.8, 4) is 11.5 Å². The first kappa shape index (κ1) is 27.5. The van der Waals surface area contributed by atoms with Gasteiger partial charge in [-0.05, 0) is 42.3 Å². The van der Waals surface area contributed by atoms with Gasteiger partial charge >= 0.3 is 5.97 Å². The lowest BCUT2D eigenvalue weighted by Crippen LogP contribution is -2.48. The van der Waals surface area contributed by atoms with Gasteiger partial charge in [0.25, 0.3) is 0 Å². The summed E-state index contributed by atoms with van der Waals surface area (Å²) in [6, 6.07) is 16.7. The molecule has 1 N–H and O–H groups in total. The number of esters is 1. The number of benzene rings is 3. The number of hydrogen-bond acceptors (Lipinski definition) is 8. The van der Waals surface area contributed by atoms with Gasteiger partial charge in [0.1, 0.15) is 17.6 Å². The maximum atomic E-state index is 14.3. The van der Waals surface area contributed by atoms with Gasteiger partial charge in [-0.25, -0.2) is 0 Å². The summed E-state index contributed by atoms with van der Waals surface area (Å²) in [5, 5.41) is 3.38. The molecule has 0 spiro atoms. The second-order valence-corrected chi connectivity index (χ2v) is 11.0. The number of methoxy groups -OCH3 is 1. The Morgan fingerprint density at radius 2 is 1.73 bits per heavy atom. The highest BCUT2D eigenvalue weighted by Crippen LogP contribution is 2.52. The number of rotatable bonds is 7. The summed E-state index contributed by atoms with van der Waals surface area (Å²) in [6.45, 7) is 2.06. The van der Waals surface area contributed by atoms with E-state index in [1.54, 1.807) is 54.6 Å². The van der Waals surface area contributed by atoms with Crippen molar-refractivity contribution in [2.75, 3.05) is 25.8 Å². The normalized spacial score (nSPS) is 26.0. The molecule has 3 heterocycles. The number of amides is 1. The van der Waals surface area contributed by atoms with Crippen molar-refractivity contribution >= 4 is 46.5 Å². The van der Waals surface area contributed by atoms with Gasteiger partial charge in [-0.3, -0.25) is 14.4 Å². The van der Waals surface area contributed by atoms with Crippen molar-refractivity contribution in [1.82, 2.24) is 0 Å². The summed E-state index contributed by atoms with van der Waals surface area (Å²) < 4.78 is 27.9. The second kappa shape index (κ2) is 10.6. The van der Waals surface area contributed by atoms with Gasteiger partial charge in [0.05, 0.1) is 35.8 Å². The summed E-state index contributed by atoms with van der Waals surface area (Å²) in [6.07, 6.45) is -1.28. The second-order valence-electron chi connectivity index (χ2n) is 10.1. The Hall–Kier alpha value is -3.63. The van der Waals surface area contributed by atoms with Crippen molar-refractivity contribution in [3.05, 3.63) is 87.4 Å². The molecule has 1 amide bonds. The van der Waals surface area contributed by atoms with E-state index >= 15 is 0 Å². The van der Waals surface area contributed by atoms with Gasteiger partial charge in [0.15, 0.2) is 17.3 Å². The molecular weight excluding hydrogens is 573 g/mol. The highest BCUT2D eigenvalue weighted by molar-refractivity contribution is 6.42. The van der Waals surface area contributed by atoms with Gasteiger partial charge in [0, 0.05) is 17.3 Å². The Balaban J connectivity index is 1.44. The fourth-order valence-corrected chi connectivity index (χ4v) is 5.86. The van der Waals surface area contributed by atoms with E-state index < -0.39 is 41.2 Å². The van der Waals surface area contributed by atoms with Crippen molar-refractivity contribution in [2.45, 2.75) is 24.7 Å². The Morgan fingerprint density at radius 3 is 2.46 bits per heavy atom. The van der Waals surface area contributed by atoms with E-state index in [0.717, 1.165) is 0 Å². The van der Waals surface area contributed by atoms with Crippen molar-refractivity contribution in [3.63, 3.8) is 0 Å². The number of Topliss-reactive ketones (excluding diaryl/α,β-unsaturated/α-hetero) is 1. The zero-order chi connectivity index (χ0) is 28.9. The van der Waals surface area contributed by atoms with E-state index in [2.05, 4.69) is 5.32 Å². The number of ether oxygens (including phenoxy) is 5. The molecule has 9 nitrogen and oxygen atoms in total. The van der Waals surface area contributed by atoms with Crippen LogP contribution < -0.4 is 14.8 Å². The fourth-order valence-electron chi connectivity index (χ4n) is 5.55. The first-order chi connectivity index (χ1) is 19.7. The van der Waals surface area contributed by atoms with E-state index in [0.29, 0.717) is 45.5 Å². The van der Waals surface area contributed by atoms with Crippen LogP contribution in [0, 0.1) is 11.8 Å². The number of fused-ring (bicyclic) bond motifs is 1. The number of nitrogens with one attached hydrogen (secondary N) is 1. The summed E-state index contributed by atoms with van der Waals surface area (Å²) in [5.41, 5.74) is 0.119. The van der Waals surface area contributed by atoms with Crippen LogP contribution in [0.4, 0.5) is 5.69 Å². The molecule has 41 heavy (non-hydrogen) atoms. The van der Waals surface area contributed by atoms with Crippen LogP contribution in [0.25, 0.3) is 0 Å². The first-order valence-corrected chi connectivity index (χ1v) is 13.6. The molecular formula is C30H25Cl2NO8. The van der Waals surface area contributed by atoms with E-state index in [1.165, 1.54) is 14.0 Å². The monoisotopic (exact) mass is 597 g/mol. The number of anilines is 1. The molecule has 3 aliphatic rings. The smallest absolute Gasteiger partial charge is 0.313 e. The van der Waals surface area contributed by atoms with Crippen LogP contribution >= 0.6 is 23.2 Å². The molecule has 212 valence electrons. The van der Waals surface area contributed by atoms with E-state index in [1.807, 2.05) is 6.07 Å². The Bertz CT molecular complexity index is 1560. The van der Waals surface area contributed by atoms with Crippen molar-refractivity contribution in [1.29, 1.82) is 0 Å². The molecule has 0 radical (unpaired) electrons. The van der Waals surface area contributed by atoms with Gasteiger partial charge in [-0.15, -0.1) is 0 Å². The summed E-state index contributed by atoms with van der Waals surface area (Å²) in [4.78, 5) is 41.8. The minimum Gasteiger partial charge on any atom is -0.469 e. The molecule has 3 aliphatic heterocycles. The summed E-state index contributed by atoms with van der Waals surface area (Å²) in [7, 11) is 1.21. The molecule has 0 aromatic heterocycles. The minimum atomic E-state index is -1.79. The fraction of sp³-hybridized carbons (Fsp3) is 0.300. The maximum Gasteiger partial charge on any atom is 0.313 e. The zero-order valence-electron chi connectivity index (χ0n) is 22.0. The van der Waals surface area contributed by atoms with Gasteiger partial charge in [-0.1, -0.05) is 53.5 Å². The van der Waals surface area contributed by atoms with Crippen LogP contribution in [0.1, 0.15) is 40.6 Å². The number of epoxide rings is 1. The standard InChI is InChI=1S/C30H25Cl2NO8/c1-30(27(34)18-6-4-3-5-17(18)23-13-38-23)25(29(36)37-2)24(26(41-30)15-7-9-19(31)20(32)11-15)28(35)33-16-8-10-21-22(12-16)40-14-39-21/h3-12,23-26H,13-14H2,1-2H3,(H,33,35)/t23-,24?,25?,26?,30?/m0/s1. The van der Waals surface area contributed by atoms with Crippen LogP contribution in [0.5, 0.6) is 11.5 Å². The summed E-state index contributed by atoms with van der Waals surface area (Å²) >= 11 is 12.5. The van der Waals surface area contributed by atoms with Crippen LogP contribution in [0.15, 0.2) is 60.7 Å². The number of carbonyl (C=O) groups excluding carboxylic acids is 3. The van der Waals surface area contributed by atoms with E-state index in [4.69, 9.17) is 46.9 Å². The SMILES string of the molecule is COC(=O)C1C(C(=O)Nc2ccc3c(c2)OCO3)C(c2ccc(Cl)c(Cl)c2)OC1(C)C(=O)c1ccccc1[C@@H]1CO1. The van der Waals surface area contributed by atoms with Crippen LogP contribution in [-0.4, -0.2) is 43.8 Å². The number of carbonyl (C=O) groups is 3. The Morgan fingerprint density at radius 1 is 0.976 bits per heavy atom. The topological polar surface area (TPSA) is 113 Å². The minimum absolute atomic E-state index is 0.0703. The molecule has 3 aromatic rings. The molecule has 2 fully saturated rings. The predicted octanol–water partition coefficient (Wildman–Crippen LogP) is 5.55. The highest BCUT2D eigenvalue weighted by atomic mass is 35.5. The average Bonchev–Trinajstić information content (AvgIpc) is 3.63. The van der Waals surface area contributed by atoms with Gasteiger partial charge in [0.2, 0.25) is 12.7 Å². The third-order valence-electron chi connectivity index (χ3n) is 7.66. The first-order valence-electron chi connectivity index (χ1n) is 12.9. The van der Waals surface area contributed by atoms with E-state index in [-0.39, 0.29) is 17.9 Å². The molecule has 11 heteroatoms. The third-order valence-corrected chi connectivity index (χ3v) is 8.40. The molecule has 0 aliphatic carbocycles. The summed E-state index contributed by atoms with van der Waals surface area (Å²) in [5.74, 6) is -3.30. The lowest BCUT2D eigenvalue weighted by atomic mass is 9.74. The number of hydrogen-bond donors (Lipinski definition) is 1. The van der Waals surface area contributed by atoms with Crippen molar-refractivity contribution < 1.29 is 38.1 Å². The molecule has 5 atom stereocenters. The van der Waals surface area contributed by atoms with Gasteiger partial charge < -0.3 is 29.0 Å². The average molecular weight is 598 g/mol. The molecule has 3 aromatic carbocycles. The zero-order valence-corrected chi connectivity index (χ0v) is 23.5. The Kier molecular flexibility index (Phi) is 7.15. The molecule has 0 saturated carbocycles. The largest absolute Gasteiger partial charge is 0.469 e. The Labute approximate surface area is 245 Å². The molecule has 2 saturated heterocycles. The number of halogens is 2. The molecule has 0 bridgehead atoms. The lowest BCUT2D eigenvalue weighted by Gasteiger charge is -2.29. The van der Waals surface area contributed by atoms with Crippen molar-refractivity contribution in [2.24, 2.45) is 11.8 Å². The third kappa shape index (κ3) is 4.93. The maximum absolute atomic E-state index is 14.3. The van der Waals surface area contributed by atoms with Crippen LogP contribution in [0.2, 0.25) is 10.0 Å². The lowest BCUT2D eigenvalue weighted by molar-refractivity contribution is -0.151. The predicted molar refractivity (Wildman–Crippen MR) is 148 cm³/mol. The molecule has 4 unspecified atom stereocenters. The van der Waals surface area contributed by atoms with Crippen LogP contribution in [0.3, 0.4) is 0 Å². The highest BCUT2D eigenvalue weighted by Gasteiger charge is 2.63. The van der Waals surface area contributed by atoms with E-state index in [9.17, 15) is 14.4 Å². The molecule has 6 rings (SSSR count). The van der Waals surface area contributed by atoms with Crippen LogP contribution in [-0.2, 0) is 23.8 Å². The quantitative estimate of drug-likeness (QED) is 0.214. The van der Waals surface area contributed by atoms with Gasteiger partial charge in [-0.2, -0.15) is 0 Å².